The molecular weight excluding hydrogens is 462 g/mol. The second kappa shape index (κ2) is 12.0. The van der Waals surface area contributed by atoms with Crippen LogP contribution in [0.4, 0.5) is 24.2 Å². The summed E-state index contributed by atoms with van der Waals surface area (Å²) in [5.74, 6) is -1.83. The maximum atomic E-state index is 13.8. The van der Waals surface area contributed by atoms with Crippen LogP contribution in [0.15, 0.2) is 54.7 Å². The summed E-state index contributed by atoms with van der Waals surface area (Å²) in [7, 11) is 1.39. The monoisotopic (exact) mass is 488 g/mol. The van der Waals surface area contributed by atoms with Gasteiger partial charge in [0.2, 0.25) is 0 Å². The lowest BCUT2D eigenvalue weighted by Gasteiger charge is -2.29. The number of fused-ring (bicyclic) bond motifs is 1. The Bertz CT molecular complexity index is 1180. The van der Waals surface area contributed by atoms with Gasteiger partial charge in [-0.15, -0.1) is 0 Å². The second-order valence-electron chi connectivity index (χ2n) is 7.85. The number of aliphatic hydroxyl groups excluding tert-OH is 2. The lowest BCUT2D eigenvalue weighted by molar-refractivity contribution is 0.0480. The number of aromatic nitrogens is 1. The molecule has 0 bridgehead atoms. The van der Waals surface area contributed by atoms with Crippen LogP contribution in [0, 0.1) is 11.6 Å². The van der Waals surface area contributed by atoms with E-state index in [1.807, 2.05) is 24.3 Å². The van der Waals surface area contributed by atoms with Crippen LogP contribution < -0.4 is 10.6 Å². The van der Waals surface area contributed by atoms with Crippen molar-refractivity contribution in [3.8, 4) is 0 Å². The van der Waals surface area contributed by atoms with Gasteiger partial charge in [0.25, 0.3) is 0 Å². The van der Waals surface area contributed by atoms with Crippen molar-refractivity contribution >= 4 is 28.7 Å². The van der Waals surface area contributed by atoms with Crippen LogP contribution in [0.1, 0.15) is 12.0 Å². The molecule has 0 fully saturated rings. The molecular formula is C24H26F2N4O5. The molecule has 3 aromatic rings. The normalized spacial score (nSPS) is 12.6. The van der Waals surface area contributed by atoms with Gasteiger partial charge in [-0.05, 0) is 23.9 Å². The molecule has 0 spiro atoms. The number of nitrogens with zero attached hydrogens (tertiary/aromatic N) is 2. The molecule has 3 amide bonds. The summed E-state index contributed by atoms with van der Waals surface area (Å²) in [5.41, 5.74) is -0.0443. The minimum Gasteiger partial charge on any atom is -0.447 e. The van der Waals surface area contributed by atoms with Gasteiger partial charge < -0.3 is 25.2 Å². The van der Waals surface area contributed by atoms with E-state index in [2.05, 4.69) is 15.6 Å². The zero-order chi connectivity index (χ0) is 25.4. The summed E-state index contributed by atoms with van der Waals surface area (Å²) in [6.07, 6.45) is -0.502. The number of hydrogen-bond acceptors (Lipinski definition) is 6. The Kier molecular flexibility index (Phi) is 8.87. The van der Waals surface area contributed by atoms with Gasteiger partial charge in [-0.1, -0.05) is 36.4 Å². The van der Waals surface area contributed by atoms with Crippen molar-refractivity contribution in [2.75, 3.05) is 25.6 Å². The molecule has 0 aliphatic heterocycles. The standard InChI is InChI=1S/C24H26F2N4O5/c1-30(23(33)28-12-17-7-4-8-20(25)22(17)26)18(10-19(32)13-31)14-35-24(34)29-21-9-15-5-2-3-6-16(15)11-27-21/h2-9,11,18-19,31-32H,10,12-14H2,1H3,(H,28,33)(H,27,29,34)/t18-,19-/m1/s1. The predicted octanol–water partition coefficient (Wildman–Crippen LogP) is 3.02. The van der Waals surface area contributed by atoms with Crippen molar-refractivity contribution in [3.05, 3.63) is 71.9 Å². The van der Waals surface area contributed by atoms with Crippen molar-refractivity contribution in [3.63, 3.8) is 0 Å². The highest BCUT2D eigenvalue weighted by molar-refractivity contribution is 5.89. The third-order valence-electron chi connectivity index (χ3n) is 5.35. The summed E-state index contributed by atoms with van der Waals surface area (Å²) < 4.78 is 32.4. The number of amides is 3. The average Bonchev–Trinajstić information content (AvgIpc) is 2.86. The van der Waals surface area contributed by atoms with E-state index >= 15 is 0 Å². The van der Waals surface area contributed by atoms with E-state index in [4.69, 9.17) is 4.74 Å². The van der Waals surface area contributed by atoms with E-state index < -0.39 is 42.5 Å². The van der Waals surface area contributed by atoms with Gasteiger partial charge >= 0.3 is 12.1 Å². The molecule has 0 saturated heterocycles. The van der Waals surface area contributed by atoms with Gasteiger partial charge in [-0.3, -0.25) is 5.32 Å². The SMILES string of the molecule is CN(C(=O)NCc1cccc(F)c1F)[C@@H](COC(=O)Nc1cc2ccccc2cn1)C[C@@H](O)CO. The average molecular weight is 488 g/mol. The van der Waals surface area contributed by atoms with E-state index in [9.17, 15) is 28.6 Å². The van der Waals surface area contributed by atoms with Gasteiger partial charge in [0.05, 0.1) is 18.8 Å². The summed E-state index contributed by atoms with van der Waals surface area (Å²) in [4.78, 5) is 30.2. The number of nitrogens with one attached hydrogen (secondary N) is 2. The fourth-order valence-corrected chi connectivity index (χ4v) is 3.34. The Morgan fingerprint density at radius 1 is 1.14 bits per heavy atom. The molecule has 2 atom stereocenters. The lowest BCUT2D eigenvalue weighted by Crippen LogP contribution is -2.47. The van der Waals surface area contributed by atoms with E-state index in [1.54, 1.807) is 12.3 Å². The molecule has 186 valence electrons. The van der Waals surface area contributed by atoms with E-state index in [1.165, 1.54) is 19.2 Å². The fourth-order valence-electron chi connectivity index (χ4n) is 3.34. The highest BCUT2D eigenvalue weighted by Gasteiger charge is 2.25. The van der Waals surface area contributed by atoms with Crippen molar-refractivity contribution in [2.24, 2.45) is 0 Å². The Morgan fingerprint density at radius 2 is 1.89 bits per heavy atom. The summed E-state index contributed by atoms with van der Waals surface area (Å²) in [6.45, 7) is -1.15. The number of anilines is 1. The first-order chi connectivity index (χ1) is 16.8. The molecule has 3 rings (SSSR count). The van der Waals surface area contributed by atoms with Crippen molar-refractivity contribution in [1.29, 1.82) is 0 Å². The van der Waals surface area contributed by atoms with E-state index in [0.29, 0.717) is 0 Å². The fraction of sp³-hybridized carbons (Fsp3) is 0.292. The van der Waals surface area contributed by atoms with E-state index in [0.717, 1.165) is 21.7 Å². The number of halogens is 2. The number of aliphatic hydroxyl groups is 2. The van der Waals surface area contributed by atoms with Crippen LogP contribution in [-0.2, 0) is 11.3 Å². The summed E-state index contributed by atoms with van der Waals surface area (Å²) in [5, 5.41) is 25.8. The Labute approximate surface area is 200 Å². The summed E-state index contributed by atoms with van der Waals surface area (Å²) in [6, 6.07) is 11.3. The van der Waals surface area contributed by atoms with Crippen LogP contribution in [-0.4, -0.2) is 64.6 Å². The van der Waals surface area contributed by atoms with Crippen molar-refractivity contribution in [2.45, 2.75) is 25.1 Å². The smallest absolute Gasteiger partial charge is 0.412 e. The molecule has 1 heterocycles. The highest BCUT2D eigenvalue weighted by atomic mass is 19.2. The molecule has 1 aromatic heterocycles. The van der Waals surface area contributed by atoms with Crippen LogP contribution in [0.5, 0.6) is 0 Å². The van der Waals surface area contributed by atoms with Gasteiger partial charge in [-0.25, -0.2) is 23.4 Å². The topological polar surface area (TPSA) is 124 Å². The summed E-state index contributed by atoms with van der Waals surface area (Å²) >= 11 is 0. The third kappa shape index (κ3) is 7.08. The van der Waals surface area contributed by atoms with Gasteiger partial charge in [0.15, 0.2) is 11.6 Å². The number of ether oxygens (including phenoxy) is 1. The molecule has 9 nitrogen and oxygen atoms in total. The molecule has 2 aromatic carbocycles. The number of likely N-dealkylation sites (N-methyl/N-ethyl adjacent to an activating group) is 1. The van der Waals surface area contributed by atoms with Crippen molar-refractivity contribution < 1.29 is 33.3 Å². The third-order valence-corrected chi connectivity index (χ3v) is 5.35. The first kappa shape index (κ1) is 25.8. The van der Waals surface area contributed by atoms with Gasteiger partial charge in [0.1, 0.15) is 12.4 Å². The molecule has 0 unspecified atom stereocenters. The highest BCUT2D eigenvalue weighted by Crippen LogP contribution is 2.17. The molecule has 0 saturated carbocycles. The maximum absolute atomic E-state index is 13.8. The molecule has 0 aliphatic carbocycles. The maximum Gasteiger partial charge on any atom is 0.412 e. The number of urea groups is 1. The van der Waals surface area contributed by atoms with Gasteiger partial charge in [-0.2, -0.15) is 0 Å². The largest absolute Gasteiger partial charge is 0.447 e. The molecule has 35 heavy (non-hydrogen) atoms. The molecule has 11 heteroatoms. The first-order valence-corrected chi connectivity index (χ1v) is 10.8. The zero-order valence-corrected chi connectivity index (χ0v) is 18.9. The lowest BCUT2D eigenvalue weighted by atomic mass is 10.1. The van der Waals surface area contributed by atoms with Crippen molar-refractivity contribution in [1.82, 2.24) is 15.2 Å². The molecule has 0 radical (unpaired) electrons. The predicted molar refractivity (Wildman–Crippen MR) is 125 cm³/mol. The zero-order valence-electron chi connectivity index (χ0n) is 18.9. The minimum absolute atomic E-state index is 0.0443. The first-order valence-electron chi connectivity index (χ1n) is 10.8. The second-order valence-corrected chi connectivity index (χ2v) is 7.85. The van der Waals surface area contributed by atoms with Gasteiger partial charge in [0, 0.05) is 30.7 Å². The number of hydrogen-bond donors (Lipinski definition) is 4. The van der Waals surface area contributed by atoms with Crippen LogP contribution in [0.25, 0.3) is 10.8 Å². The number of benzene rings is 2. The quantitative estimate of drug-likeness (QED) is 0.367. The van der Waals surface area contributed by atoms with Crippen LogP contribution in [0.2, 0.25) is 0 Å². The Hall–Kier alpha value is -3.83. The Balaban J connectivity index is 1.59. The number of pyridine rings is 1. The van der Waals surface area contributed by atoms with Crippen LogP contribution >= 0.6 is 0 Å². The molecule has 0 aliphatic rings. The van der Waals surface area contributed by atoms with Crippen LogP contribution in [0.3, 0.4) is 0 Å². The number of carbonyl (C=O) groups is 2. The number of rotatable bonds is 9. The molecule has 4 N–H and O–H groups in total. The number of carbonyl (C=O) groups excluding carboxylic acids is 2. The Morgan fingerprint density at radius 3 is 2.63 bits per heavy atom. The van der Waals surface area contributed by atoms with E-state index in [-0.39, 0.29) is 31.0 Å². The minimum atomic E-state index is -1.18.